The summed E-state index contributed by atoms with van der Waals surface area (Å²) >= 11 is 6.00. The third kappa shape index (κ3) is 4.49. The van der Waals surface area contributed by atoms with Crippen LogP contribution in [0.2, 0.25) is 5.02 Å². The standard InChI is InChI=1S/C19H22ClNO2/c1-5-17(23-18-9-6-12(2)10-14(18)4)19(22)21-16-11-15(20)8-7-13(16)3/h6-11,17H,5H2,1-4H3,(H,21,22)/t17-/m0/s1. The first kappa shape index (κ1) is 17.4. The Bertz CT molecular complexity index is 713. The molecule has 122 valence electrons. The molecule has 23 heavy (non-hydrogen) atoms. The fourth-order valence-electron chi connectivity index (χ4n) is 2.35. The summed E-state index contributed by atoms with van der Waals surface area (Å²) in [4.78, 5) is 12.5. The van der Waals surface area contributed by atoms with Crippen molar-refractivity contribution in [2.45, 2.75) is 40.2 Å². The number of amides is 1. The van der Waals surface area contributed by atoms with Gasteiger partial charge in [0.05, 0.1) is 0 Å². The van der Waals surface area contributed by atoms with Gasteiger partial charge >= 0.3 is 0 Å². The number of hydrogen-bond donors (Lipinski definition) is 1. The minimum absolute atomic E-state index is 0.169. The van der Waals surface area contributed by atoms with Gasteiger partial charge in [-0.25, -0.2) is 0 Å². The Morgan fingerprint density at radius 1 is 1.13 bits per heavy atom. The Morgan fingerprint density at radius 2 is 1.87 bits per heavy atom. The van der Waals surface area contributed by atoms with Gasteiger partial charge in [-0.2, -0.15) is 0 Å². The second kappa shape index (κ2) is 7.51. The van der Waals surface area contributed by atoms with Crippen LogP contribution >= 0.6 is 11.6 Å². The van der Waals surface area contributed by atoms with Crippen molar-refractivity contribution in [3.8, 4) is 5.75 Å². The number of hydrogen-bond acceptors (Lipinski definition) is 2. The fraction of sp³-hybridized carbons (Fsp3) is 0.316. The molecule has 1 amide bonds. The number of benzene rings is 2. The van der Waals surface area contributed by atoms with Crippen LogP contribution in [0.3, 0.4) is 0 Å². The molecule has 0 saturated heterocycles. The summed E-state index contributed by atoms with van der Waals surface area (Å²) in [7, 11) is 0. The second-order valence-electron chi connectivity index (χ2n) is 5.73. The van der Waals surface area contributed by atoms with E-state index in [9.17, 15) is 4.79 Å². The van der Waals surface area contributed by atoms with Crippen LogP contribution in [0.5, 0.6) is 5.75 Å². The van der Waals surface area contributed by atoms with E-state index in [1.807, 2.05) is 52.0 Å². The summed E-state index contributed by atoms with van der Waals surface area (Å²) in [6.07, 6.45) is 0.0356. The molecule has 0 radical (unpaired) electrons. The molecule has 0 saturated carbocycles. The number of rotatable bonds is 5. The zero-order valence-corrected chi connectivity index (χ0v) is 14.7. The highest BCUT2D eigenvalue weighted by Crippen LogP contribution is 2.23. The molecule has 3 nitrogen and oxygen atoms in total. The molecule has 1 N–H and O–H groups in total. The zero-order valence-electron chi connectivity index (χ0n) is 13.9. The lowest BCUT2D eigenvalue weighted by atomic mass is 10.1. The van der Waals surface area contributed by atoms with Crippen molar-refractivity contribution in [3.05, 3.63) is 58.1 Å². The summed E-state index contributed by atoms with van der Waals surface area (Å²) in [6, 6.07) is 11.4. The van der Waals surface area contributed by atoms with Crippen molar-refractivity contribution < 1.29 is 9.53 Å². The van der Waals surface area contributed by atoms with Crippen LogP contribution in [0, 0.1) is 20.8 Å². The first-order valence-corrected chi connectivity index (χ1v) is 8.09. The van der Waals surface area contributed by atoms with Crippen molar-refractivity contribution in [3.63, 3.8) is 0 Å². The molecule has 4 heteroatoms. The number of halogens is 1. The van der Waals surface area contributed by atoms with Crippen LogP contribution in [0.25, 0.3) is 0 Å². The molecule has 0 aliphatic rings. The van der Waals surface area contributed by atoms with Crippen molar-refractivity contribution in [1.82, 2.24) is 0 Å². The molecule has 0 fully saturated rings. The van der Waals surface area contributed by atoms with Crippen LogP contribution in [-0.2, 0) is 4.79 Å². The largest absolute Gasteiger partial charge is 0.480 e. The maximum atomic E-state index is 12.5. The molecule has 0 spiro atoms. The van der Waals surface area contributed by atoms with E-state index in [-0.39, 0.29) is 5.91 Å². The number of carbonyl (C=O) groups is 1. The molecule has 0 aliphatic carbocycles. The van der Waals surface area contributed by atoms with Gasteiger partial charge in [0.2, 0.25) is 0 Å². The Morgan fingerprint density at radius 3 is 2.52 bits per heavy atom. The van der Waals surface area contributed by atoms with E-state index in [0.717, 1.165) is 16.9 Å². The lowest BCUT2D eigenvalue weighted by Gasteiger charge is -2.19. The van der Waals surface area contributed by atoms with E-state index in [0.29, 0.717) is 17.1 Å². The first-order valence-electron chi connectivity index (χ1n) is 7.71. The molecule has 0 aliphatic heterocycles. The Hall–Kier alpha value is -2.00. The average molecular weight is 332 g/mol. The predicted molar refractivity (Wildman–Crippen MR) is 95.4 cm³/mol. The lowest BCUT2D eigenvalue weighted by Crippen LogP contribution is -2.32. The van der Waals surface area contributed by atoms with Gasteiger partial charge < -0.3 is 10.1 Å². The van der Waals surface area contributed by atoms with Gasteiger partial charge in [-0.05, 0) is 56.5 Å². The van der Waals surface area contributed by atoms with E-state index in [2.05, 4.69) is 5.32 Å². The number of ether oxygens (including phenoxy) is 1. The average Bonchev–Trinajstić information content (AvgIpc) is 2.50. The van der Waals surface area contributed by atoms with E-state index in [4.69, 9.17) is 16.3 Å². The monoisotopic (exact) mass is 331 g/mol. The van der Waals surface area contributed by atoms with Crippen LogP contribution in [0.1, 0.15) is 30.0 Å². The number of nitrogens with one attached hydrogen (secondary N) is 1. The fourth-order valence-corrected chi connectivity index (χ4v) is 2.52. The molecule has 2 aromatic rings. The molecule has 0 unspecified atom stereocenters. The summed E-state index contributed by atoms with van der Waals surface area (Å²) < 4.78 is 5.91. The lowest BCUT2D eigenvalue weighted by molar-refractivity contribution is -0.122. The van der Waals surface area contributed by atoms with E-state index in [1.54, 1.807) is 12.1 Å². The van der Waals surface area contributed by atoms with Gasteiger partial charge in [0.25, 0.3) is 5.91 Å². The highest BCUT2D eigenvalue weighted by atomic mass is 35.5. The topological polar surface area (TPSA) is 38.3 Å². The highest BCUT2D eigenvalue weighted by Gasteiger charge is 2.20. The Kier molecular flexibility index (Phi) is 5.67. The molecule has 0 aromatic heterocycles. The molecule has 2 rings (SSSR count). The van der Waals surface area contributed by atoms with Crippen molar-refractivity contribution in [2.75, 3.05) is 5.32 Å². The van der Waals surface area contributed by atoms with E-state index < -0.39 is 6.10 Å². The minimum Gasteiger partial charge on any atom is -0.480 e. The SMILES string of the molecule is CC[C@H](Oc1ccc(C)cc1C)C(=O)Nc1cc(Cl)ccc1C. The summed E-state index contributed by atoms with van der Waals surface area (Å²) in [5.41, 5.74) is 3.87. The van der Waals surface area contributed by atoms with Gasteiger partial charge in [0, 0.05) is 10.7 Å². The van der Waals surface area contributed by atoms with Gasteiger partial charge in [-0.15, -0.1) is 0 Å². The molecule has 0 bridgehead atoms. The van der Waals surface area contributed by atoms with Crippen molar-refractivity contribution in [1.29, 1.82) is 0 Å². The molecular weight excluding hydrogens is 310 g/mol. The molecule has 0 heterocycles. The smallest absolute Gasteiger partial charge is 0.265 e. The van der Waals surface area contributed by atoms with Gasteiger partial charge in [-0.3, -0.25) is 4.79 Å². The zero-order chi connectivity index (χ0) is 17.0. The third-order valence-corrected chi connectivity index (χ3v) is 3.96. The van der Waals surface area contributed by atoms with Crippen LogP contribution in [-0.4, -0.2) is 12.0 Å². The number of anilines is 1. The quantitative estimate of drug-likeness (QED) is 0.831. The van der Waals surface area contributed by atoms with Crippen LogP contribution < -0.4 is 10.1 Å². The normalized spacial score (nSPS) is 11.9. The van der Waals surface area contributed by atoms with Crippen molar-refractivity contribution in [2.24, 2.45) is 0 Å². The Labute approximate surface area is 142 Å². The summed E-state index contributed by atoms with van der Waals surface area (Å²) in [6.45, 7) is 7.87. The molecule has 1 atom stereocenters. The maximum Gasteiger partial charge on any atom is 0.265 e. The maximum absolute atomic E-state index is 12.5. The second-order valence-corrected chi connectivity index (χ2v) is 6.17. The first-order chi connectivity index (χ1) is 10.9. The third-order valence-electron chi connectivity index (χ3n) is 3.72. The van der Waals surface area contributed by atoms with E-state index in [1.165, 1.54) is 5.56 Å². The Balaban J connectivity index is 2.13. The van der Waals surface area contributed by atoms with Crippen LogP contribution in [0.4, 0.5) is 5.69 Å². The summed E-state index contributed by atoms with van der Waals surface area (Å²) in [5.74, 6) is 0.568. The molecular formula is C19H22ClNO2. The minimum atomic E-state index is -0.546. The molecule has 2 aromatic carbocycles. The van der Waals surface area contributed by atoms with Gasteiger partial charge in [-0.1, -0.05) is 42.3 Å². The summed E-state index contributed by atoms with van der Waals surface area (Å²) in [5, 5.41) is 3.50. The highest BCUT2D eigenvalue weighted by molar-refractivity contribution is 6.31. The number of aryl methyl sites for hydroxylation is 3. The van der Waals surface area contributed by atoms with Gasteiger partial charge in [0.1, 0.15) is 5.75 Å². The number of carbonyl (C=O) groups excluding carboxylic acids is 1. The van der Waals surface area contributed by atoms with Crippen molar-refractivity contribution >= 4 is 23.2 Å². The predicted octanol–water partition coefficient (Wildman–Crippen LogP) is 5.06. The van der Waals surface area contributed by atoms with Crippen LogP contribution in [0.15, 0.2) is 36.4 Å². The van der Waals surface area contributed by atoms with E-state index >= 15 is 0 Å². The van der Waals surface area contributed by atoms with Gasteiger partial charge in [0.15, 0.2) is 6.10 Å².